The molecule has 0 spiro atoms. The van der Waals surface area contributed by atoms with Crippen LogP contribution in [0.5, 0.6) is 0 Å². The SMILES string of the molecule is CCc1csc([C@H](Cc2ccc(NS(=O)[O-])cc2)NC(=O)[C@H](CNC(=O)OC(C)(C)C)Cc2ccccc2)n1. The standard InChI is InChI=1S/C28H36N4O5S2/c1-5-22-18-38-26(30-22)24(16-20-11-13-23(14-12-20)32-39(35)36)31-25(33)21(15-19-9-7-6-8-10-19)17-29-27(34)37-28(2,3)4/h6-14,18,21,24,32H,5,15-17H2,1-4H3,(H,29,34)(H,31,33)(H,35,36)/p-1/t21-,24-/m0/s1. The molecule has 9 nitrogen and oxygen atoms in total. The Morgan fingerprint density at radius 3 is 2.31 bits per heavy atom. The average molecular weight is 572 g/mol. The summed E-state index contributed by atoms with van der Waals surface area (Å²) in [4.78, 5) is 30.7. The molecule has 0 saturated carbocycles. The van der Waals surface area contributed by atoms with Gasteiger partial charge in [-0.1, -0.05) is 49.4 Å². The molecule has 3 rings (SSSR count). The lowest BCUT2D eigenvalue weighted by Crippen LogP contribution is -2.43. The second-order valence-corrected chi connectivity index (χ2v) is 11.7. The highest BCUT2D eigenvalue weighted by molar-refractivity contribution is 7.80. The second-order valence-electron chi connectivity index (χ2n) is 10.1. The molecule has 0 aliphatic carbocycles. The highest BCUT2D eigenvalue weighted by atomic mass is 32.2. The summed E-state index contributed by atoms with van der Waals surface area (Å²) in [6.45, 7) is 7.48. The van der Waals surface area contributed by atoms with E-state index in [4.69, 9.17) is 9.72 Å². The number of nitrogens with one attached hydrogen (secondary N) is 3. The van der Waals surface area contributed by atoms with E-state index in [2.05, 4.69) is 15.4 Å². The minimum atomic E-state index is -2.41. The number of hydrogen-bond donors (Lipinski definition) is 3. The van der Waals surface area contributed by atoms with Gasteiger partial charge in [0.15, 0.2) is 0 Å². The van der Waals surface area contributed by atoms with Crippen molar-refractivity contribution in [2.45, 2.75) is 58.6 Å². The van der Waals surface area contributed by atoms with Crippen molar-refractivity contribution >= 4 is 40.3 Å². The summed E-state index contributed by atoms with van der Waals surface area (Å²) in [6.07, 6.45) is 1.09. The number of benzene rings is 2. The Balaban J connectivity index is 1.80. The van der Waals surface area contributed by atoms with Gasteiger partial charge in [-0.15, -0.1) is 11.3 Å². The molecule has 2 amide bonds. The summed E-state index contributed by atoms with van der Waals surface area (Å²) in [5.74, 6) is -0.764. The number of alkyl carbamates (subject to hydrolysis) is 1. The van der Waals surface area contributed by atoms with Gasteiger partial charge in [0, 0.05) is 28.9 Å². The van der Waals surface area contributed by atoms with Crippen LogP contribution in [0.2, 0.25) is 0 Å². The molecule has 0 fully saturated rings. The smallest absolute Gasteiger partial charge is 0.407 e. The number of hydrogen-bond acceptors (Lipinski definition) is 7. The molecular formula is C28H35N4O5S2-. The van der Waals surface area contributed by atoms with E-state index < -0.39 is 34.9 Å². The van der Waals surface area contributed by atoms with Crippen molar-refractivity contribution in [2.24, 2.45) is 5.92 Å². The van der Waals surface area contributed by atoms with Gasteiger partial charge in [0.05, 0.1) is 17.7 Å². The minimum absolute atomic E-state index is 0.104. The van der Waals surface area contributed by atoms with Crippen molar-refractivity contribution in [1.29, 1.82) is 0 Å². The number of thiazole rings is 1. The first kappa shape index (κ1) is 30.3. The third kappa shape index (κ3) is 10.4. The van der Waals surface area contributed by atoms with Crippen LogP contribution < -0.4 is 15.4 Å². The number of carbonyl (C=O) groups excluding carboxylic acids is 2. The second kappa shape index (κ2) is 14.2. The van der Waals surface area contributed by atoms with Gasteiger partial charge in [-0.2, -0.15) is 0 Å². The zero-order valence-electron chi connectivity index (χ0n) is 22.6. The number of carbonyl (C=O) groups is 2. The van der Waals surface area contributed by atoms with Crippen molar-refractivity contribution in [1.82, 2.24) is 15.6 Å². The number of ether oxygens (including phenoxy) is 1. The van der Waals surface area contributed by atoms with Crippen LogP contribution in [0.3, 0.4) is 0 Å². The van der Waals surface area contributed by atoms with E-state index in [1.54, 1.807) is 32.9 Å². The minimum Gasteiger partial charge on any atom is -0.755 e. The van der Waals surface area contributed by atoms with Crippen LogP contribution in [-0.2, 0) is 40.1 Å². The van der Waals surface area contributed by atoms with Crippen molar-refractivity contribution in [3.63, 3.8) is 0 Å². The van der Waals surface area contributed by atoms with Crippen molar-refractivity contribution in [2.75, 3.05) is 11.3 Å². The summed E-state index contributed by atoms with van der Waals surface area (Å²) >= 11 is -0.922. The first-order chi connectivity index (χ1) is 18.5. The molecule has 39 heavy (non-hydrogen) atoms. The molecule has 210 valence electrons. The Hall–Kier alpha value is -3.28. The quantitative estimate of drug-likeness (QED) is 0.270. The Bertz CT molecular complexity index is 1240. The van der Waals surface area contributed by atoms with Gasteiger partial charge >= 0.3 is 6.09 Å². The van der Waals surface area contributed by atoms with Crippen LogP contribution in [0.4, 0.5) is 10.5 Å². The van der Waals surface area contributed by atoms with Crippen molar-refractivity contribution in [3.05, 3.63) is 81.8 Å². The molecule has 1 unspecified atom stereocenters. The first-order valence-corrected chi connectivity index (χ1v) is 14.7. The maximum Gasteiger partial charge on any atom is 0.407 e. The topological polar surface area (TPSA) is 132 Å². The largest absolute Gasteiger partial charge is 0.755 e. The molecule has 11 heteroatoms. The van der Waals surface area contributed by atoms with E-state index in [1.807, 2.05) is 54.8 Å². The van der Waals surface area contributed by atoms with Gasteiger partial charge in [0.25, 0.3) is 0 Å². The number of rotatable bonds is 12. The van der Waals surface area contributed by atoms with Crippen LogP contribution in [0.25, 0.3) is 0 Å². The normalized spacial score (nSPS) is 13.7. The molecule has 3 N–H and O–H groups in total. The van der Waals surface area contributed by atoms with Crippen LogP contribution in [0, 0.1) is 5.92 Å². The maximum atomic E-state index is 13.7. The summed E-state index contributed by atoms with van der Waals surface area (Å²) in [5, 5.41) is 8.67. The van der Waals surface area contributed by atoms with E-state index in [-0.39, 0.29) is 12.5 Å². The van der Waals surface area contributed by atoms with Crippen LogP contribution in [-0.4, -0.2) is 37.9 Å². The molecule has 0 aliphatic rings. The van der Waals surface area contributed by atoms with E-state index >= 15 is 0 Å². The molecule has 1 heterocycles. The highest BCUT2D eigenvalue weighted by Gasteiger charge is 2.26. The fourth-order valence-corrected chi connectivity index (χ4v) is 5.13. The molecule has 0 bridgehead atoms. The third-order valence-electron chi connectivity index (χ3n) is 5.73. The Kier molecular flexibility index (Phi) is 11.0. The fourth-order valence-electron chi connectivity index (χ4n) is 3.85. The maximum absolute atomic E-state index is 13.7. The summed E-state index contributed by atoms with van der Waals surface area (Å²) in [7, 11) is 0. The Morgan fingerprint density at radius 2 is 1.72 bits per heavy atom. The lowest BCUT2D eigenvalue weighted by molar-refractivity contribution is -0.125. The molecule has 3 aromatic rings. The average Bonchev–Trinajstić information content (AvgIpc) is 3.36. The van der Waals surface area contributed by atoms with Gasteiger partial charge in [0.2, 0.25) is 5.91 Å². The van der Waals surface area contributed by atoms with Crippen LogP contribution in [0.1, 0.15) is 55.6 Å². The molecular weight excluding hydrogens is 536 g/mol. The molecule has 1 aromatic heterocycles. The first-order valence-electron chi connectivity index (χ1n) is 12.7. The van der Waals surface area contributed by atoms with Crippen LogP contribution in [0.15, 0.2) is 60.0 Å². The number of amides is 2. The zero-order valence-corrected chi connectivity index (χ0v) is 24.2. The molecule has 3 atom stereocenters. The lowest BCUT2D eigenvalue weighted by Gasteiger charge is -2.24. The number of aryl methyl sites for hydroxylation is 1. The summed E-state index contributed by atoms with van der Waals surface area (Å²) in [6, 6.07) is 16.2. The van der Waals surface area contributed by atoms with Gasteiger partial charge in [-0.05, 0) is 63.3 Å². The molecule has 0 saturated heterocycles. The van der Waals surface area contributed by atoms with Gasteiger partial charge in [0.1, 0.15) is 10.6 Å². The van der Waals surface area contributed by atoms with Crippen molar-refractivity contribution in [3.8, 4) is 0 Å². The van der Waals surface area contributed by atoms with Gasteiger partial charge < -0.3 is 24.6 Å². The Labute approximate surface area is 236 Å². The predicted octanol–water partition coefficient (Wildman–Crippen LogP) is 4.70. The monoisotopic (exact) mass is 571 g/mol. The van der Waals surface area contributed by atoms with E-state index in [9.17, 15) is 18.4 Å². The summed E-state index contributed by atoms with van der Waals surface area (Å²) in [5.41, 5.74) is 2.62. The number of aromatic nitrogens is 1. The van der Waals surface area contributed by atoms with E-state index in [0.717, 1.165) is 28.2 Å². The van der Waals surface area contributed by atoms with Crippen molar-refractivity contribution < 1.29 is 23.1 Å². The number of anilines is 1. The molecule has 0 aliphatic heterocycles. The third-order valence-corrected chi connectivity index (χ3v) is 7.14. The molecule has 2 aromatic carbocycles. The summed E-state index contributed by atoms with van der Waals surface area (Å²) < 4.78 is 29.5. The predicted molar refractivity (Wildman–Crippen MR) is 153 cm³/mol. The van der Waals surface area contributed by atoms with Gasteiger partial charge in [-0.25, -0.2) is 9.78 Å². The Morgan fingerprint density at radius 1 is 1.05 bits per heavy atom. The van der Waals surface area contributed by atoms with E-state index in [0.29, 0.717) is 18.5 Å². The van der Waals surface area contributed by atoms with E-state index in [1.165, 1.54) is 11.3 Å². The molecule has 0 radical (unpaired) electrons. The van der Waals surface area contributed by atoms with Crippen LogP contribution >= 0.6 is 11.3 Å². The lowest BCUT2D eigenvalue weighted by atomic mass is 9.97. The van der Waals surface area contributed by atoms with Gasteiger partial charge in [-0.3, -0.25) is 9.00 Å². The fraction of sp³-hybridized carbons (Fsp3) is 0.393. The number of nitrogens with zero attached hydrogens (tertiary/aromatic N) is 1. The highest BCUT2D eigenvalue weighted by Crippen LogP contribution is 2.24. The zero-order chi connectivity index (χ0) is 28.4.